The maximum atomic E-state index is 12.1. The van der Waals surface area contributed by atoms with Crippen LogP contribution in [0.5, 0.6) is 0 Å². The van der Waals surface area contributed by atoms with E-state index in [0.29, 0.717) is 12.5 Å². The molecule has 0 aromatic carbocycles. The molecule has 3 N–H and O–H groups in total. The summed E-state index contributed by atoms with van der Waals surface area (Å²) in [6.45, 7) is 13.0. The highest BCUT2D eigenvalue weighted by Crippen LogP contribution is 2.22. The van der Waals surface area contributed by atoms with E-state index in [1.165, 1.54) is 0 Å². The second-order valence-electron chi connectivity index (χ2n) is 8.53. The Kier molecular flexibility index (Phi) is 7.26. The van der Waals surface area contributed by atoms with Crippen molar-refractivity contribution in [2.75, 3.05) is 13.6 Å². The van der Waals surface area contributed by atoms with Gasteiger partial charge in [-0.1, -0.05) is 13.8 Å². The van der Waals surface area contributed by atoms with Gasteiger partial charge in [0.1, 0.15) is 17.2 Å². The third-order valence-corrected chi connectivity index (χ3v) is 4.51. The number of aryl methyl sites for hydroxylation is 2. The van der Waals surface area contributed by atoms with Gasteiger partial charge in [0.05, 0.1) is 12.1 Å². The number of nitrogens with one attached hydrogen (secondary N) is 3. The Bertz CT molecular complexity index is 691. The van der Waals surface area contributed by atoms with Gasteiger partial charge in [-0.05, 0) is 46.5 Å². The molecule has 2 rings (SSSR count). The van der Waals surface area contributed by atoms with E-state index in [1.54, 1.807) is 7.05 Å². The topological polar surface area (TPSA) is 105 Å². The molecule has 28 heavy (non-hydrogen) atoms. The molecule has 0 radical (unpaired) electrons. The number of carbonyl (C=O) groups is 1. The molecule has 1 aliphatic rings. The van der Waals surface area contributed by atoms with Crippen LogP contribution >= 0.6 is 0 Å². The lowest BCUT2D eigenvalue weighted by atomic mass is 10.0. The molecule has 2 atom stereocenters. The van der Waals surface area contributed by atoms with Gasteiger partial charge >= 0.3 is 6.09 Å². The zero-order valence-electron chi connectivity index (χ0n) is 18.2. The molecule has 0 saturated carbocycles. The van der Waals surface area contributed by atoms with Crippen LogP contribution in [0.15, 0.2) is 4.99 Å². The largest absolute Gasteiger partial charge is 0.444 e. The van der Waals surface area contributed by atoms with Crippen LogP contribution in [0, 0.1) is 12.8 Å². The van der Waals surface area contributed by atoms with Gasteiger partial charge in [0.2, 0.25) is 0 Å². The number of fused-ring (bicyclic) bond motifs is 1. The fourth-order valence-electron chi connectivity index (χ4n) is 3.08. The van der Waals surface area contributed by atoms with Crippen molar-refractivity contribution in [3.8, 4) is 0 Å². The van der Waals surface area contributed by atoms with Gasteiger partial charge < -0.3 is 20.7 Å². The van der Waals surface area contributed by atoms with Crippen molar-refractivity contribution in [1.82, 2.24) is 30.7 Å². The van der Waals surface area contributed by atoms with E-state index in [0.717, 1.165) is 31.0 Å². The van der Waals surface area contributed by atoms with E-state index < -0.39 is 11.7 Å². The highest BCUT2D eigenvalue weighted by atomic mass is 16.6. The number of carbonyl (C=O) groups excluding carboxylic acids is 1. The number of hydrogen-bond acceptors (Lipinski definition) is 5. The lowest BCUT2D eigenvalue weighted by molar-refractivity contribution is 0.0491. The molecule has 0 aliphatic carbocycles. The third kappa shape index (κ3) is 6.38. The van der Waals surface area contributed by atoms with Gasteiger partial charge in [-0.3, -0.25) is 4.99 Å². The summed E-state index contributed by atoms with van der Waals surface area (Å²) < 4.78 is 7.34. The summed E-state index contributed by atoms with van der Waals surface area (Å²) in [6, 6.07) is -0.0249. The van der Waals surface area contributed by atoms with Gasteiger partial charge in [-0.15, -0.1) is 0 Å². The first-order chi connectivity index (χ1) is 13.1. The molecule has 0 spiro atoms. The normalized spacial score (nSPS) is 18.4. The van der Waals surface area contributed by atoms with Crippen molar-refractivity contribution < 1.29 is 9.53 Å². The predicted molar refractivity (Wildman–Crippen MR) is 109 cm³/mol. The van der Waals surface area contributed by atoms with Gasteiger partial charge in [0, 0.05) is 20.1 Å². The van der Waals surface area contributed by atoms with Crippen LogP contribution in [0.4, 0.5) is 4.79 Å². The molecular formula is C19H35N7O2. The van der Waals surface area contributed by atoms with Crippen molar-refractivity contribution in [3.05, 3.63) is 11.6 Å². The number of amides is 1. The van der Waals surface area contributed by atoms with Gasteiger partial charge in [0.15, 0.2) is 5.96 Å². The zero-order chi connectivity index (χ0) is 20.9. The fraction of sp³-hybridized carbons (Fsp3) is 0.789. The van der Waals surface area contributed by atoms with E-state index in [1.807, 2.05) is 32.4 Å². The minimum absolute atomic E-state index is 0.0671. The molecular weight excluding hydrogens is 358 g/mol. The molecule has 1 aromatic rings. The van der Waals surface area contributed by atoms with Crippen molar-refractivity contribution >= 4 is 12.1 Å². The molecule has 1 aromatic heterocycles. The number of ether oxygens (including phenoxy) is 1. The number of nitrogens with zero attached hydrogens (tertiary/aromatic N) is 4. The van der Waals surface area contributed by atoms with Gasteiger partial charge in [0.25, 0.3) is 0 Å². The Balaban J connectivity index is 1.94. The minimum atomic E-state index is -0.522. The van der Waals surface area contributed by atoms with E-state index in [2.05, 4.69) is 44.9 Å². The number of guanidine groups is 1. The maximum absolute atomic E-state index is 12.1. The van der Waals surface area contributed by atoms with E-state index in [-0.39, 0.29) is 18.0 Å². The molecule has 0 bridgehead atoms. The number of hydrogen-bond donors (Lipinski definition) is 3. The van der Waals surface area contributed by atoms with Crippen molar-refractivity contribution in [3.63, 3.8) is 0 Å². The summed E-state index contributed by atoms with van der Waals surface area (Å²) in [4.78, 5) is 21.0. The second-order valence-corrected chi connectivity index (χ2v) is 8.53. The van der Waals surface area contributed by atoms with Crippen LogP contribution in [0.3, 0.4) is 0 Å². The zero-order valence-corrected chi connectivity index (χ0v) is 18.2. The Labute approximate surface area is 167 Å². The van der Waals surface area contributed by atoms with Crippen LogP contribution < -0.4 is 16.0 Å². The molecule has 1 amide bonds. The van der Waals surface area contributed by atoms with Crippen molar-refractivity contribution in [2.24, 2.45) is 10.9 Å². The van der Waals surface area contributed by atoms with Crippen LogP contribution in [0.25, 0.3) is 0 Å². The number of aromatic nitrogens is 3. The van der Waals surface area contributed by atoms with Crippen molar-refractivity contribution in [1.29, 1.82) is 0 Å². The first-order valence-electron chi connectivity index (χ1n) is 9.97. The molecule has 2 unspecified atom stereocenters. The minimum Gasteiger partial charge on any atom is -0.444 e. The van der Waals surface area contributed by atoms with E-state index in [4.69, 9.17) is 4.74 Å². The molecule has 9 nitrogen and oxygen atoms in total. The SMILES string of the molecule is CN=C(NCC(NC(=O)OC(C)(C)C)C(C)C)NC1CCCn2nc(C)nc21. The average Bonchev–Trinajstić information content (AvgIpc) is 2.96. The molecule has 9 heteroatoms. The average molecular weight is 394 g/mol. The summed E-state index contributed by atoms with van der Waals surface area (Å²) >= 11 is 0. The number of aliphatic imine (C=N–C) groups is 1. The Morgan fingerprint density at radius 2 is 2.11 bits per heavy atom. The summed E-state index contributed by atoms with van der Waals surface area (Å²) in [5.41, 5.74) is -0.522. The molecule has 2 heterocycles. The predicted octanol–water partition coefficient (Wildman–Crippen LogP) is 2.14. The Morgan fingerprint density at radius 3 is 2.71 bits per heavy atom. The molecule has 0 saturated heterocycles. The third-order valence-electron chi connectivity index (χ3n) is 4.51. The summed E-state index contributed by atoms with van der Waals surface area (Å²) in [5.74, 6) is 2.64. The fourth-order valence-corrected chi connectivity index (χ4v) is 3.08. The van der Waals surface area contributed by atoms with Crippen LogP contribution in [-0.2, 0) is 11.3 Å². The first kappa shape index (κ1) is 22.0. The second kappa shape index (κ2) is 9.25. The maximum Gasteiger partial charge on any atom is 0.407 e. The monoisotopic (exact) mass is 393 g/mol. The Hall–Kier alpha value is -2.32. The van der Waals surface area contributed by atoms with Crippen LogP contribution in [0.2, 0.25) is 0 Å². The highest BCUT2D eigenvalue weighted by molar-refractivity contribution is 5.80. The molecule has 158 valence electrons. The smallest absolute Gasteiger partial charge is 0.407 e. The summed E-state index contributed by atoms with van der Waals surface area (Å²) in [6.07, 6.45) is 1.61. The quantitative estimate of drug-likeness (QED) is 0.523. The van der Waals surface area contributed by atoms with E-state index in [9.17, 15) is 4.79 Å². The molecule has 0 fully saturated rings. The van der Waals surface area contributed by atoms with E-state index >= 15 is 0 Å². The van der Waals surface area contributed by atoms with Crippen LogP contribution in [-0.4, -0.2) is 52.1 Å². The Morgan fingerprint density at radius 1 is 1.39 bits per heavy atom. The van der Waals surface area contributed by atoms with Gasteiger partial charge in [-0.2, -0.15) is 5.10 Å². The van der Waals surface area contributed by atoms with Gasteiger partial charge in [-0.25, -0.2) is 14.5 Å². The molecule has 1 aliphatic heterocycles. The lowest BCUT2D eigenvalue weighted by Gasteiger charge is -2.28. The van der Waals surface area contributed by atoms with Crippen molar-refractivity contribution in [2.45, 2.75) is 78.6 Å². The van der Waals surface area contributed by atoms with Crippen LogP contribution in [0.1, 0.15) is 65.2 Å². The summed E-state index contributed by atoms with van der Waals surface area (Å²) in [7, 11) is 1.74. The highest BCUT2D eigenvalue weighted by Gasteiger charge is 2.25. The standard InChI is InChI=1S/C19H35N7O2/c1-12(2)15(24-18(27)28-19(4,5)6)11-21-17(20-7)23-14-9-8-10-26-16(14)22-13(3)25-26/h12,14-15H,8-11H2,1-7H3,(H,24,27)(H2,20,21,23). The number of alkyl carbamates (subject to hydrolysis) is 1. The summed E-state index contributed by atoms with van der Waals surface area (Å²) in [5, 5.41) is 14.1. The first-order valence-corrected chi connectivity index (χ1v) is 9.97. The lowest BCUT2D eigenvalue weighted by Crippen LogP contribution is -2.51. The number of rotatable bonds is 5.